The number of halogens is 3. The standard InChI is InChI=1S/C12H21F3N2O3/c1-11(2,3)8(9(18)19)17-10(20)16-7-5-4-6-12(13,14)15/h8H,4-7H2,1-3H3,(H,18,19)(H2,16,17,20). The highest BCUT2D eigenvalue weighted by Crippen LogP contribution is 2.22. The summed E-state index contributed by atoms with van der Waals surface area (Å²) in [6.07, 6.45) is -4.98. The highest BCUT2D eigenvalue weighted by Gasteiger charge is 2.32. The Morgan fingerprint density at radius 3 is 2.10 bits per heavy atom. The Labute approximate surface area is 115 Å². The van der Waals surface area contributed by atoms with E-state index in [1.807, 2.05) is 0 Å². The van der Waals surface area contributed by atoms with Crippen molar-refractivity contribution in [3.05, 3.63) is 0 Å². The minimum atomic E-state index is -4.19. The fourth-order valence-electron chi connectivity index (χ4n) is 1.48. The van der Waals surface area contributed by atoms with E-state index in [-0.39, 0.29) is 19.4 Å². The third-order valence-electron chi connectivity index (χ3n) is 2.56. The monoisotopic (exact) mass is 298 g/mol. The SMILES string of the molecule is CC(C)(C)C(NC(=O)NCCCCC(F)(F)F)C(=O)O. The topological polar surface area (TPSA) is 78.4 Å². The number of aliphatic carboxylic acids is 1. The number of amides is 2. The van der Waals surface area contributed by atoms with Crippen molar-refractivity contribution >= 4 is 12.0 Å². The molecule has 0 radical (unpaired) electrons. The molecule has 0 rings (SSSR count). The first-order valence-corrected chi connectivity index (χ1v) is 6.27. The molecule has 118 valence electrons. The van der Waals surface area contributed by atoms with E-state index in [1.54, 1.807) is 20.8 Å². The van der Waals surface area contributed by atoms with E-state index in [1.165, 1.54) is 0 Å². The number of urea groups is 1. The van der Waals surface area contributed by atoms with Crippen LogP contribution >= 0.6 is 0 Å². The maximum absolute atomic E-state index is 11.9. The molecule has 0 saturated heterocycles. The van der Waals surface area contributed by atoms with Gasteiger partial charge in [-0.05, 0) is 18.3 Å². The number of rotatable bonds is 6. The van der Waals surface area contributed by atoms with Crippen LogP contribution < -0.4 is 10.6 Å². The van der Waals surface area contributed by atoms with E-state index in [0.717, 1.165) is 0 Å². The van der Waals surface area contributed by atoms with Gasteiger partial charge in [0.25, 0.3) is 0 Å². The van der Waals surface area contributed by atoms with E-state index < -0.39 is 36.1 Å². The smallest absolute Gasteiger partial charge is 0.389 e. The summed E-state index contributed by atoms with van der Waals surface area (Å²) in [5, 5.41) is 13.6. The Morgan fingerprint density at radius 1 is 1.15 bits per heavy atom. The van der Waals surface area contributed by atoms with E-state index in [0.29, 0.717) is 0 Å². The average Bonchev–Trinajstić information content (AvgIpc) is 2.21. The molecule has 0 saturated carbocycles. The van der Waals surface area contributed by atoms with Crippen LogP contribution in [0.1, 0.15) is 40.0 Å². The molecule has 0 aliphatic rings. The van der Waals surface area contributed by atoms with Gasteiger partial charge in [-0.2, -0.15) is 13.2 Å². The van der Waals surface area contributed by atoms with Crippen LogP contribution in [0.3, 0.4) is 0 Å². The number of carboxylic acids is 1. The van der Waals surface area contributed by atoms with Crippen LogP contribution in [0.5, 0.6) is 0 Å². The summed E-state index contributed by atoms with van der Waals surface area (Å²) in [5.41, 5.74) is -0.667. The Morgan fingerprint density at radius 2 is 1.70 bits per heavy atom. The lowest BCUT2D eigenvalue weighted by Gasteiger charge is -2.27. The minimum absolute atomic E-state index is 0.0679. The van der Waals surface area contributed by atoms with Crippen molar-refractivity contribution in [2.24, 2.45) is 5.41 Å². The molecule has 0 fully saturated rings. The van der Waals surface area contributed by atoms with Gasteiger partial charge in [-0.3, -0.25) is 0 Å². The molecule has 5 nitrogen and oxygen atoms in total. The first-order valence-electron chi connectivity index (χ1n) is 6.27. The summed E-state index contributed by atoms with van der Waals surface area (Å²) < 4.78 is 35.6. The Balaban J connectivity index is 4.02. The summed E-state index contributed by atoms with van der Waals surface area (Å²) in [6, 6.07) is -1.77. The predicted molar refractivity (Wildman–Crippen MR) is 67.3 cm³/mol. The molecule has 0 heterocycles. The Hall–Kier alpha value is -1.47. The number of carboxylic acid groups (broad SMARTS) is 1. The van der Waals surface area contributed by atoms with Crippen LogP contribution in [0, 0.1) is 5.41 Å². The highest BCUT2D eigenvalue weighted by atomic mass is 19.4. The van der Waals surface area contributed by atoms with E-state index in [9.17, 15) is 22.8 Å². The highest BCUT2D eigenvalue weighted by molar-refractivity contribution is 5.83. The molecular formula is C12H21F3N2O3. The van der Waals surface area contributed by atoms with Crippen LogP contribution in [-0.2, 0) is 4.79 Å². The van der Waals surface area contributed by atoms with Crippen LogP contribution in [0.15, 0.2) is 0 Å². The molecule has 1 unspecified atom stereocenters. The third kappa shape index (κ3) is 8.60. The number of alkyl halides is 3. The summed E-state index contributed by atoms with van der Waals surface area (Å²) in [7, 11) is 0. The van der Waals surface area contributed by atoms with Gasteiger partial charge in [-0.1, -0.05) is 20.8 Å². The summed E-state index contributed by atoms with van der Waals surface area (Å²) in [6.45, 7) is 5.05. The van der Waals surface area contributed by atoms with Crippen LogP contribution in [0.2, 0.25) is 0 Å². The zero-order chi connectivity index (χ0) is 16.0. The molecular weight excluding hydrogens is 277 g/mol. The van der Waals surface area contributed by atoms with E-state index >= 15 is 0 Å². The lowest BCUT2D eigenvalue weighted by Crippen LogP contribution is -2.52. The van der Waals surface area contributed by atoms with E-state index in [2.05, 4.69) is 10.6 Å². The van der Waals surface area contributed by atoms with Crippen LogP contribution in [0.4, 0.5) is 18.0 Å². The van der Waals surface area contributed by atoms with Crippen molar-refractivity contribution in [2.75, 3.05) is 6.54 Å². The molecule has 0 bridgehead atoms. The Bertz CT molecular complexity index is 338. The zero-order valence-corrected chi connectivity index (χ0v) is 11.8. The van der Waals surface area contributed by atoms with Crippen molar-refractivity contribution in [2.45, 2.75) is 52.3 Å². The predicted octanol–water partition coefficient (Wildman–Crippen LogP) is 2.52. The van der Waals surface area contributed by atoms with Gasteiger partial charge in [0.15, 0.2) is 0 Å². The molecule has 0 aromatic heterocycles. The van der Waals surface area contributed by atoms with Gasteiger partial charge < -0.3 is 15.7 Å². The van der Waals surface area contributed by atoms with Crippen molar-refractivity contribution in [1.29, 1.82) is 0 Å². The first kappa shape index (κ1) is 18.5. The van der Waals surface area contributed by atoms with Crippen molar-refractivity contribution in [1.82, 2.24) is 10.6 Å². The third-order valence-corrected chi connectivity index (χ3v) is 2.56. The summed E-state index contributed by atoms with van der Waals surface area (Å²) in [5.74, 6) is -1.16. The van der Waals surface area contributed by atoms with Crippen molar-refractivity contribution in [3.63, 3.8) is 0 Å². The molecule has 3 N–H and O–H groups in total. The number of nitrogens with one attached hydrogen (secondary N) is 2. The molecule has 0 spiro atoms. The lowest BCUT2D eigenvalue weighted by molar-refractivity contribution is -0.142. The molecule has 0 aromatic rings. The molecule has 8 heteroatoms. The molecule has 2 amide bonds. The zero-order valence-electron chi connectivity index (χ0n) is 11.8. The van der Waals surface area contributed by atoms with Gasteiger partial charge in [-0.25, -0.2) is 9.59 Å². The van der Waals surface area contributed by atoms with Gasteiger partial charge in [0, 0.05) is 13.0 Å². The lowest BCUT2D eigenvalue weighted by atomic mass is 9.87. The molecule has 20 heavy (non-hydrogen) atoms. The normalized spacial score (nSPS) is 13.7. The van der Waals surface area contributed by atoms with E-state index in [4.69, 9.17) is 5.11 Å². The molecule has 0 aliphatic carbocycles. The van der Waals surface area contributed by atoms with Gasteiger partial charge >= 0.3 is 18.2 Å². The van der Waals surface area contributed by atoms with Gasteiger partial charge in [-0.15, -0.1) is 0 Å². The minimum Gasteiger partial charge on any atom is -0.480 e. The molecule has 0 aliphatic heterocycles. The number of carbonyl (C=O) groups is 2. The summed E-state index contributed by atoms with van der Waals surface area (Å²) >= 11 is 0. The second-order valence-electron chi connectivity index (χ2n) is 5.61. The Kier molecular flexibility index (Phi) is 6.81. The first-order chi connectivity index (χ1) is 8.93. The van der Waals surface area contributed by atoms with Gasteiger partial charge in [0.2, 0.25) is 0 Å². The van der Waals surface area contributed by atoms with Crippen molar-refractivity contribution in [3.8, 4) is 0 Å². The van der Waals surface area contributed by atoms with Gasteiger partial charge in [0.05, 0.1) is 0 Å². The molecule has 1 atom stereocenters. The van der Waals surface area contributed by atoms with Gasteiger partial charge in [0.1, 0.15) is 6.04 Å². The number of hydrogen-bond acceptors (Lipinski definition) is 2. The fraction of sp³-hybridized carbons (Fsp3) is 0.833. The maximum Gasteiger partial charge on any atom is 0.389 e. The van der Waals surface area contributed by atoms with Crippen LogP contribution in [-0.4, -0.2) is 35.9 Å². The van der Waals surface area contributed by atoms with Crippen LogP contribution in [0.25, 0.3) is 0 Å². The maximum atomic E-state index is 11.9. The number of unbranched alkanes of at least 4 members (excludes halogenated alkanes) is 1. The summed E-state index contributed by atoms with van der Waals surface area (Å²) in [4.78, 5) is 22.5. The largest absolute Gasteiger partial charge is 0.480 e. The second kappa shape index (κ2) is 7.35. The number of hydrogen-bond donors (Lipinski definition) is 3. The molecule has 0 aromatic carbocycles. The fourth-order valence-corrected chi connectivity index (χ4v) is 1.48. The quantitative estimate of drug-likeness (QED) is 0.659. The average molecular weight is 298 g/mol. The number of carbonyl (C=O) groups excluding carboxylic acids is 1. The van der Waals surface area contributed by atoms with Crippen molar-refractivity contribution < 1.29 is 27.9 Å². The second-order valence-corrected chi connectivity index (χ2v) is 5.61.